The topological polar surface area (TPSA) is 76.1 Å². The fourth-order valence-corrected chi connectivity index (χ4v) is 2.61. The van der Waals surface area contributed by atoms with Crippen molar-refractivity contribution < 1.29 is 17.9 Å². The number of hydrogen-bond donors (Lipinski definition) is 0. The molecule has 28 heavy (non-hydrogen) atoms. The Morgan fingerprint density at radius 3 is 2.54 bits per heavy atom. The summed E-state index contributed by atoms with van der Waals surface area (Å²) in [5.74, 6) is -0.722. The van der Waals surface area contributed by atoms with E-state index in [-0.39, 0.29) is 22.1 Å². The molecule has 0 aliphatic rings. The van der Waals surface area contributed by atoms with Crippen molar-refractivity contribution in [1.82, 2.24) is 19.4 Å². The van der Waals surface area contributed by atoms with Gasteiger partial charge in [0.2, 0.25) is 11.7 Å². The molecule has 0 bridgehead atoms. The summed E-state index contributed by atoms with van der Waals surface area (Å²) < 4.78 is 46.3. The third-order valence-electron chi connectivity index (χ3n) is 3.79. The van der Waals surface area contributed by atoms with Crippen molar-refractivity contribution in [2.75, 3.05) is 6.61 Å². The van der Waals surface area contributed by atoms with Crippen LogP contribution in [0.15, 0.2) is 24.7 Å². The molecule has 0 fully saturated rings. The average molecular weight is 407 g/mol. The minimum absolute atomic E-state index is 0.00844. The highest BCUT2D eigenvalue weighted by atomic mass is 31.0. The zero-order valence-electron chi connectivity index (χ0n) is 15.4. The first kappa shape index (κ1) is 20.0. The molecule has 0 spiro atoms. The molecule has 1 unspecified atom stereocenters. The third-order valence-corrected chi connectivity index (χ3v) is 3.96. The van der Waals surface area contributed by atoms with Crippen molar-refractivity contribution in [3.63, 3.8) is 0 Å². The van der Waals surface area contributed by atoms with Gasteiger partial charge >= 0.3 is 6.18 Å². The lowest BCUT2D eigenvalue weighted by Gasteiger charge is -2.19. The molecule has 1 atom stereocenters. The second-order valence-corrected chi connectivity index (χ2v) is 8.61. The highest BCUT2D eigenvalue weighted by molar-refractivity contribution is 7.18. The van der Waals surface area contributed by atoms with Gasteiger partial charge in [0.15, 0.2) is 5.69 Å². The van der Waals surface area contributed by atoms with E-state index in [4.69, 9.17) is 10.00 Å². The number of alkyl halides is 3. The molecule has 3 aromatic rings. The Bertz CT molecular complexity index is 1080. The van der Waals surface area contributed by atoms with Crippen molar-refractivity contribution in [2.24, 2.45) is 0 Å². The molecule has 0 aromatic carbocycles. The van der Waals surface area contributed by atoms with Gasteiger partial charge < -0.3 is 4.74 Å². The van der Waals surface area contributed by atoms with Crippen LogP contribution in [0.1, 0.15) is 30.9 Å². The second kappa shape index (κ2) is 7.02. The zero-order chi connectivity index (χ0) is 20.7. The lowest BCUT2D eigenvalue weighted by molar-refractivity contribution is -0.145. The van der Waals surface area contributed by atoms with E-state index < -0.39 is 12.0 Å². The Hall–Kier alpha value is -2.72. The van der Waals surface area contributed by atoms with Gasteiger partial charge in [0, 0.05) is 28.7 Å². The number of nitrogens with zero attached hydrogens (tertiary/aromatic N) is 5. The van der Waals surface area contributed by atoms with Gasteiger partial charge in [0.1, 0.15) is 11.6 Å². The van der Waals surface area contributed by atoms with Gasteiger partial charge in [0.25, 0.3) is 0 Å². The minimum atomic E-state index is -4.70. The van der Waals surface area contributed by atoms with Crippen molar-refractivity contribution >= 4 is 14.8 Å². The molecule has 3 heterocycles. The number of halogens is 3. The van der Waals surface area contributed by atoms with E-state index in [1.165, 1.54) is 18.6 Å². The highest BCUT2D eigenvalue weighted by Gasteiger charge is 2.37. The molecular formula is C18H17F3N5OP. The Labute approximate surface area is 161 Å². The quantitative estimate of drug-likeness (QED) is 0.611. The maximum absolute atomic E-state index is 13.3. The zero-order valence-corrected chi connectivity index (χ0v) is 16.5. The first-order valence-corrected chi connectivity index (χ1v) is 8.81. The number of fused-ring (bicyclic) bond motifs is 1. The van der Waals surface area contributed by atoms with Gasteiger partial charge in [-0.3, -0.25) is 9.38 Å². The van der Waals surface area contributed by atoms with Crippen molar-refractivity contribution in [2.45, 2.75) is 32.1 Å². The van der Waals surface area contributed by atoms with Crippen molar-refractivity contribution in [1.29, 1.82) is 5.26 Å². The summed E-state index contributed by atoms with van der Waals surface area (Å²) in [5.41, 5.74) is 1.19. The monoisotopic (exact) mass is 407 g/mol. The molecule has 6 nitrogen and oxygen atoms in total. The van der Waals surface area contributed by atoms with E-state index in [9.17, 15) is 13.2 Å². The Morgan fingerprint density at radius 1 is 1.25 bits per heavy atom. The van der Waals surface area contributed by atoms with Crippen LogP contribution >= 0.6 is 9.24 Å². The van der Waals surface area contributed by atoms with Crippen LogP contribution < -0.4 is 4.74 Å². The number of aromatic nitrogens is 4. The van der Waals surface area contributed by atoms with E-state index >= 15 is 0 Å². The molecule has 0 aliphatic carbocycles. The fraction of sp³-hybridized carbons (Fsp3) is 0.333. The summed E-state index contributed by atoms with van der Waals surface area (Å²) >= 11 is 0. The van der Waals surface area contributed by atoms with E-state index in [1.54, 1.807) is 19.1 Å². The molecule has 146 valence electrons. The van der Waals surface area contributed by atoms with Crippen LogP contribution in [-0.2, 0) is 6.18 Å². The Kier molecular flexibility index (Phi) is 5.02. The molecule has 0 amide bonds. The summed E-state index contributed by atoms with van der Waals surface area (Å²) in [6.07, 6.45) is -0.809. The summed E-state index contributed by atoms with van der Waals surface area (Å²) in [4.78, 5) is 11.8. The van der Waals surface area contributed by atoms with Crippen LogP contribution in [0.5, 0.6) is 5.88 Å². The average Bonchev–Trinajstić information content (AvgIpc) is 2.98. The van der Waals surface area contributed by atoms with Crippen LogP contribution in [0.25, 0.3) is 16.8 Å². The third kappa shape index (κ3) is 4.07. The smallest absolute Gasteiger partial charge is 0.450 e. The van der Waals surface area contributed by atoms with Gasteiger partial charge in [-0.15, -0.1) is 9.24 Å². The summed E-state index contributed by atoms with van der Waals surface area (Å²) in [7, 11) is 2.68. The number of rotatable bonds is 4. The number of nitriles is 1. The predicted molar refractivity (Wildman–Crippen MR) is 100.0 cm³/mol. The van der Waals surface area contributed by atoms with Crippen LogP contribution in [0.3, 0.4) is 0 Å². The molecule has 3 rings (SSSR count). The Morgan fingerprint density at radius 2 is 1.96 bits per heavy atom. The van der Waals surface area contributed by atoms with Crippen LogP contribution in [0, 0.1) is 18.3 Å². The predicted octanol–water partition coefficient (Wildman–Crippen LogP) is 4.02. The van der Waals surface area contributed by atoms with Crippen LogP contribution in [0.2, 0.25) is 0 Å². The summed E-state index contributed by atoms with van der Waals surface area (Å²) in [6.45, 7) is 6.24. The van der Waals surface area contributed by atoms with Crippen LogP contribution in [-0.4, -0.2) is 31.1 Å². The van der Waals surface area contributed by atoms with E-state index in [0.29, 0.717) is 18.1 Å². The molecule has 0 saturated carbocycles. The van der Waals surface area contributed by atoms with Gasteiger partial charge in [0.05, 0.1) is 18.5 Å². The fourth-order valence-electron chi connectivity index (χ4n) is 2.52. The molecule has 10 heteroatoms. The van der Waals surface area contributed by atoms with E-state index in [0.717, 1.165) is 9.96 Å². The molecule has 0 saturated heterocycles. The summed E-state index contributed by atoms with van der Waals surface area (Å²) in [6, 6.07) is 3.40. The molecule has 0 aliphatic heterocycles. The number of pyridine rings is 1. The molecule has 0 N–H and O–H groups in total. The lowest BCUT2D eigenvalue weighted by Crippen LogP contribution is -2.21. The Balaban J connectivity index is 2.02. The van der Waals surface area contributed by atoms with E-state index in [2.05, 4.69) is 24.2 Å². The van der Waals surface area contributed by atoms with Gasteiger partial charge in [-0.2, -0.15) is 18.4 Å². The maximum Gasteiger partial charge on any atom is 0.450 e. The second-order valence-electron chi connectivity index (χ2n) is 7.04. The summed E-state index contributed by atoms with van der Waals surface area (Å²) in [5, 5.41) is 8.91. The van der Waals surface area contributed by atoms with Crippen LogP contribution in [0.4, 0.5) is 13.2 Å². The number of aryl methyl sites for hydroxylation is 1. The lowest BCUT2D eigenvalue weighted by atomic mass is 10.1. The molecular weight excluding hydrogens is 390 g/mol. The first-order valence-electron chi connectivity index (χ1n) is 8.24. The maximum atomic E-state index is 13.3. The van der Waals surface area contributed by atoms with Gasteiger partial charge in [-0.1, -0.05) is 13.8 Å². The van der Waals surface area contributed by atoms with Gasteiger partial charge in [-0.25, -0.2) is 9.97 Å². The van der Waals surface area contributed by atoms with Crippen molar-refractivity contribution in [3.05, 3.63) is 41.7 Å². The standard InChI is InChI=1S/C18H17F3N5OP/c1-10-4-11(6-24-15(10)27-9-17(2,3)28)13-8-26-14(7-23-13)12(5-22)25-16(26)18(19,20)21/h4,6-8H,9,28H2,1-3H3. The highest BCUT2D eigenvalue weighted by Crippen LogP contribution is 2.31. The largest absolute Gasteiger partial charge is 0.477 e. The van der Waals surface area contributed by atoms with Gasteiger partial charge in [-0.05, 0) is 13.0 Å². The molecule has 3 aromatic heterocycles. The normalized spacial score (nSPS) is 12.2. The number of imidazole rings is 1. The minimum Gasteiger partial charge on any atom is -0.477 e. The molecule has 0 radical (unpaired) electrons. The number of ether oxygens (including phenoxy) is 1. The first-order chi connectivity index (χ1) is 13.0. The van der Waals surface area contributed by atoms with Crippen molar-refractivity contribution in [3.8, 4) is 23.2 Å². The number of hydrogen-bond acceptors (Lipinski definition) is 5. The SMILES string of the molecule is Cc1cc(-c2cn3c(C(F)(F)F)nc(C#N)c3cn2)cnc1OCC(C)(C)P. The van der Waals surface area contributed by atoms with E-state index in [1.807, 2.05) is 13.8 Å².